The lowest BCUT2D eigenvalue weighted by Crippen LogP contribution is -2.55. The Kier molecular flexibility index (Phi) is 7.94. The second-order valence-corrected chi connectivity index (χ2v) is 13.0. The van der Waals surface area contributed by atoms with Crippen LogP contribution in [-0.4, -0.2) is 99.0 Å². The van der Waals surface area contributed by atoms with Crippen LogP contribution in [0.25, 0.3) is 0 Å². The number of hydrazine groups is 1. The highest BCUT2D eigenvalue weighted by Crippen LogP contribution is 2.47. The molecule has 0 spiro atoms. The summed E-state index contributed by atoms with van der Waals surface area (Å²) in [6, 6.07) is 0.0531. The average Bonchev–Trinajstić information content (AvgIpc) is 3.47. The predicted molar refractivity (Wildman–Crippen MR) is 154 cm³/mol. The molecule has 4 fully saturated rings. The van der Waals surface area contributed by atoms with Gasteiger partial charge >= 0.3 is 6.18 Å². The fourth-order valence-corrected chi connectivity index (χ4v) is 7.80. The Balaban J connectivity index is 1.26. The third kappa shape index (κ3) is 5.44. The molecule has 2 N–H and O–H groups in total. The summed E-state index contributed by atoms with van der Waals surface area (Å²) in [5.41, 5.74) is 6.32. The normalized spacial score (nSPS) is 33.3. The molecule has 1 saturated carbocycles. The Labute approximate surface area is 244 Å². The smallest absolute Gasteiger partial charge is 0.381 e. The molecule has 5 aliphatic heterocycles. The van der Waals surface area contributed by atoms with Gasteiger partial charge in [-0.15, -0.1) is 0 Å². The highest BCUT2D eigenvalue weighted by Gasteiger charge is 2.48. The van der Waals surface area contributed by atoms with E-state index in [0.717, 1.165) is 64.5 Å². The third-order valence-corrected chi connectivity index (χ3v) is 10.1. The van der Waals surface area contributed by atoms with Gasteiger partial charge in [-0.3, -0.25) is 4.90 Å². The van der Waals surface area contributed by atoms with E-state index in [9.17, 15) is 13.2 Å². The number of hydrogen-bond acceptors (Lipinski definition) is 7. The minimum absolute atomic E-state index is 0.0531. The molecular weight excluding hydrogens is 527 g/mol. The van der Waals surface area contributed by atoms with Gasteiger partial charge in [0, 0.05) is 30.9 Å². The molecule has 0 aromatic rings. The van der Waals surface area contributed by atoms with Crippen molar-refractivity contribution >= 4 is 15.7 Å². The summed E-state index contributed by atoms with van der Waals surface area (Å²) in [7, 11) is 15.4. The van der Waals surface area contributed by atoms with Crippen LogP contribution in [0.3, 0.4) is 0 Å². The first-order valence-electron chi connectivity index (χ1n) is 15.0. The minimum atomic E-state index is -4.57. The lowest BCUT2D eigenvalue weighted by molar-refractivity contribution is -0.0982. The molecule has 7 nitrogen and oxygen atoms in total. The quantitative estimate of drug-likeness (QED) is 0.478. The number of nitrogens with zero attached hydrogens (tertiary/aromatic N) is 4. The topological polar surface area (TPSA) is 46.3 Å². The summed E-state index contributed by atoms with van der Waals surface area (Å²) in [5.74, 6) is 2.16. The van der Waals surface area contributed by atoms with Gasteiger partial charge in [-0.25, -0.2) is 10.9 Å². The van der Waals surface area contributed by atoms with Crippen molar-refractivity contribution in [1.82, 2.24) is 30.5 Å². The van der Waals surface area contributed by atoms with Gasteiger partial charge in [-0.1, -0.05) is 19.9 Å². The van der Waals surface area contributed by atoms with Crippen molar-refractivity contribution in [2.24, 2.45) is 23.7 Å². The second-order valence-electron chi connectivity index (χ2n) is 13.0. The molecule has 0 bridgehead atoms. The lowest BCUT2D eigenvalue weighted by atomic mass is 9.55. The molecule has 220 valence electrons. The van der Waals surface area contributed by atoms with Crippen LogP contribution in [0.1, 0.15) is 45.4 Å². The fourth-order valence-electron chi connectivity index (χ4n) is 7.80. The van der Waals surface area contributed by atoms with Crippen LogP contribution in [-0.2, 0) is 4.74 Å². The number of allylic oxidation sites excluding steroid dienone is 1. The van der Waals surface area contributed by atoms with E-state index in [1.807, 2.05) is 9.80 Å². The van der Waals surface area contributed by atoms with Crippen molar-refractivity contribution in [3.8, 4) is 0 Å². The standard InChI is InChI=1S/C29H41B2F3N6O/c1-18-6-5-9-38(12-18)28(30,31)22-11-24(29(32,33)34)25-14-39(19(2)40(25)13-22)23-8-4-7-20(10-23)26(21-15-41-16-21)27-36-35-17-37(27)3/h11,13-14,18,20-21,23,26-27,35-36H,2,4-10,12,15-17H2,1,3H3. The van der Waals surface area contributed by atoms with Crippen LogP contribution in [0, 0.1) is 23.7 Å². The maximum atomic E-state index is 14.5. The number of rotatable bonds is 6. The molecule has 3 saturated heterocycles. The van der Waals surface area contributed by atoms with E-state index in [1.165, 1.54) is 0 Å². The molecule has 5 atom stereocenters. The van der Waals surface area contributed by atoms with Gasteiger partial charge in [0.2, 0.25) is 0 Å². The van der Waals surface area contributed by atoms with Crippen LogP contribution >= 0.6 is 0 Å². The van der Waals surface area contributed by atoms with Gasteiger partial charge in [-0.2, -0.15) is 13.2 Å². The molecule has 0 amide bonds. The van der Waals surface area contributed by atoms with Crippen molar-refractivity contribution in [2.75, 3.05) is 40.0 Å². The highest BCUT2D eigenvalue weighted by molar-refractivity contribution is 6.42. The first kappa shape index (κ1) is 29.4. The average molecular weight is 568 g/mol. The van der Waals surface area contributed by atoms with Crippen LogP contribution < -0.4 is 10.9 Å². The number of halogens is 3. The van der Waals surface area contributed by atoms with Crippen LogP contribution in [0.4, 0.5) is 13.2 Å². The molecule has 5 heterocycles. The Bertz CT molecular complexity index is 1120. The van der Waals surface area contributed by atoms with Gasteiger partial charge in [0.25, 0.3) is 0 Å². The van der Waals surface area contributed by atoms with E-state index < -0.39 is 17.1 Å². The third-order valence-electron chi connectivity index (χ3n) is 10.1. The van der Waals surface area contributed by atoms with Gasteiger partial charge in [0.1, 0.15) is 5.82 Å². The van der Waals surface area contributed by atoms with Crippen molar-refractivity contribution < 1.29 is 17.9 Å². The van der Waals surface area contributed by atoms with Crippen molar-refractivity contribution in [2.45, 2.75) is 69.2 Å². The fraction of sp³-hybridized carbons (Fsp3) is 0.724. The van der Waals surface area contributed by atoms with Gasteiger partial charge in [0.05, 0.1) is 53.0 Å². The number of alkyl halides is 3. The SMILES string of the molecule is [B]C([B])(C1=CN2C(=C)N(C3CCCC(C(C4COC4)C4NNCN4C)C3)C=C2C(C(F)(F)F)=C1)N1CCCC(C)C1. The van der Waals surface area contributed by atoms with E-state index in [1.54, 1.807) is 17.3 Å². The summed E-state index contributed by atoms with van der Waals surface area (Å²) in [4.78, 5) is 7.72. The van der Waals surface area contributed by atoms with E-state index in [-0.39, 0.29) is 23.5 Å². The van der Waals surface area contributed by atoms with Crippen LogP contribution in [0.15, 0.2) is 47.7 Å². The van der Waals surface area contributed by atoms with Gasteiger partial charge in [-0.05, 0) is 80.4 Å². The number of fused-ring (bicyclic) bond motifs is 1. The van der Waals surface area contributed by atoms with E-state index in [2.05, 4.69) is 36.3 Å². The molecule has 41 heavy (non-hydrogen) atoms. The van der Waals surface area contributed by atoms with E-state index in [4.69, 9.17) is 20.4 Å². The first-order chi connectivity index (χ1) is 19.4. The zero-order valence-electron chi connectivity index (χ0n) is 24.2. The summed E-state index contributed by atoms with van der Waals surface area (Å²) in [5, 5.41) is -1.52. The summed E-state index contributed by atoms with van der Waals surface area (Å²) < 4.78 is 49.1. The lowest BCUT2D eigenvalue weighted by Gasteiger charge is -2.47. The maximum Gasteiger partial charge on any atom is 0.418 e. The molecule has 12 heteroatoms. The molecule has 0 aromatic heterocycles. The van der Waals surface area contributed by atoms with E-state index >= 15 is 0 Å². The second kappa shape index (κ2) is 11.1. The van der Waals surface area contributed by atoms with Crippen molar-refractivity contribution in [3.63, 3.8) is 0 Å². The van der Waals surface area contributed by atoms with Crippen molar-refractivity contribution in [1.29, 1.82) is 0 Å². The molecular formula is C29H41B2F3N6O. The Hall–Kier alpha value is -1.72. The summed E-state index contributed by atoms with van der Waals surface area (Å²) >= 11 is 0. The Morgan fingerprint density at radius 2 is 1.88 bits per heavy atom. The monoisotopic (exact) mass is 568 g/mol. The summed E-state index contributed by atoms with van der Waals surface area (Å²) in [6.45, 7) is 9.99. The molecule has 4 radical (unpaired) electrons. The predicted octanol–water partition coefficient (Wildman–Crippen LogP) is 3.17. The van der Waals surface area contributed by atoms with Gasteiger partial charge in [0.15, 0.2) is 0 Å². The molecule has 6 rings (SSSR count). The van der Waals surface area contributed by atoms with Gasteiger partial charge < -0.3 is 19.4 Å². The van der Waals surface area contributed by atoms with Crippen molar-refractivity contribution in [3.05, 3.63) is 47.7 Å². The molecule has 5 unspecified atom stereocenters. The largest absolute Gasteiger partial charge is 0.418 e. The highest BCUT2D eigenvalue weighted by atomic mass is 19.4. The maximum absolute atomic E-state index is 14.5. The number of likely N-dealkylation sites (tertiary alicyclic amines) is 1. The number of hydrogen-bond donors (Lipinski definition) is 2. The Morgan fingerprint density at radius 1 is 1.10 bits per heavy atom. The van der Waals surface area contributed by atoms with E-state index in [0.29, 0.717) is 42.6 Å². The number of nitrogens with one attached hydrogen (secondary N) is 2. The molecule has 0 aromatic carbocycles. The number of piperidine rings is 1. The van der Waals surface area contributed by atoms with Crippen LogP contribution in [0.2, 0.25) is 0 Å². The molecule has 1 aliphatic carbocycles. The first-order valence-corrected chi connectivity index (χ1v) is 15.0. The molecule has 6 aliphatic rings. The zero-order chi connectivity index (χ0) is 29.1. The zero-order valence-corrected chi connectivity index (χ0v) is 24.2. The Morgan fingerprint density at radius 3 is 2.51 bits per heavy atom. The van der Waals surface area contributed by atoms with Crippen LogP contribution in [0.5, 0.6) is 0 Å². The minimum Gasteiger partial charge on any atom is -0.381 e. The summed E-state index contributed by atoms with van der Waals surface area (Å²) in [6.07, 6.45) is 5.94. The number of ether oxygens (including phenoxy) is 1.